The number of ether oxygens (including phenoxy) is 2. The number of pyridine rings is 1. The van der Waals surface area contributed by atoms with Crippen LogP contribution in [0.5, 0.6) is 5.75 Å². The predicted octanol–water partition coefficient (Wildman–Crippen LogP) is 3.79. The van der Waals surface area contributed by atoms with Gasteiger partial charge in [-0.15, -0.1) is 0 Å². The first-order chi connectivity index (χ1) is 15.7. The van der Waals surface area contributed by atoms with Crippen molar-refractivity contribution in [3.8, 4) is 5.75 Å². The number of fused-ring (bicyclic) bond motifs is 1. The van der Waals surface area contributed by atoms with Gasteiger partial charge in [0, 0.05) is 44.0 Å². The normalized spacial score (nSPS) is 11.2. The zero-order chi connectivity index (χ0) is 24.2. The molecule has 0 saturated heterocycles. The van der Waals surface area contributed by atoms with E-state index in [2.05, 4.69) is 20.6 Å². The molecule has 0 aliphatic rings. The van der Waals surface area contributed by atoms with Crippen molar-refractivity contribution in [3.63, 3.8) is 0 Å². The van der Waals surface area contributed by atoms with Crippen LogP contribution in [0.4, 0.5) is 17.5 Å². The zero-order valence-electron chi connectivity index (χ0n) is 19.8. The highest BCUT2D eigenvalue weighted by atomic mass is 16.5. The summed E-state index contributed by atoms with van der Waals surface area (Å²) in [5.41, 5.74) is 2.59. The topological polar surface area (TPSA) is 132 Å². The summed E-state index contributed by atoms with van der Waals surface area (Å²) >= 11 is 0. The number of amidine groups is 1. The van der Waals surface area contributed by atoms with Crippen LogP contribution in [0.2, 0.25) is 0 Å². The van der Waals surface area contributed by atoms with Gasteiger partial charge in [0.05, 0.1) is 24.7 Å². The van der Waals surface area contributed by atoms with Crippen LogP contribution in [0.25, 0.3) is 10.9 Å². The van der Waals surface area contributed by atoms with Crippen molar-refractivity contribution in [1.29, 1.82) is 10.8 Å². The number of nitrogens with one attached hydrogen (secondary N) is 4. The molecule has 0 aliphatic carbocycles. The van der Waals surface area contributed by atoms with Crippen LogP contribution in [-0.4, -0.2) is 65.4 Å². The number of hydrogen-bond donors (Lipinski definition) is 4. The Morgan fingerprint density at radius 2 is 1.97 bits per heavy atom. The summed E-state index contributed by atoms with van der Waals surface area (Å²) in [5, 5.41) is 22.9. The first-order valence-electron chi connectivity index (χ1n) is 10.4. The Labute approximate surface area is 193 Å². The van der Waals surface area contributed by atoms with E-state index in [9.17, 15) is 0 Å². The number of aromatic nitrogens is 3. The summed E-state index contributed by atoms with van der Waals surface area (Å²) < 4.78 is 11.0. The van der Waals surface area contributed by atoms with Gasteiger partial charge in [-0.3, -0.25) is 10.8 Å². The second-order valence-electron chi connectivity index (χ2n) is 8.19. The first kappa shape index (κ1) is 23.9. The van der Waals surface area contributed by atoms with Crippen LogP contribution in [0.3, 0.4) is 0 Å². The molecule has 0 unspecified atom stereocenters. The van der Waals surface area contributed by atoms with Crippen molar-refractivity contribution < 1.29 is 9.47 Å². The van der Waals surface area contributed by atoms with Gasteiger partial charge in [0.25, 0.3) is 0 Å². The minimum atomic E-state index is -0.359. The Morgan fingerprint density at radius 3 is 2.64 bits per heavy atom. The van der Waals surface area contributed by atoms with Crippen LogP contribution in [0, 0.1) is 17.7 Å². The van der Waals surface area contributed by atoms with Crippen LogP contribution in [0.1, 0.15) is 25.0 Å². The molecule has 4 N–H and O–H groups in total. The van der Waals surface area contributed by atoms with Crippen molar-refractivity contribution in [2.45, 2.75) is 26.4 Å². The molecular formula is C23H30N8O2. The number of hydrogen-bond acceptors (Lipinski definition) is 9. The summed E-state index contributed by atoms with van der Waals surface area (Å²) in [7, 11) is 4.88. The highest BCUT2D eigenvalue weighted by molar-refractivity contribution is 6.02. The number of benzene rings is 1. The number of anilines is 3. The average molecular weight is 451 g/mol. The molecule has 174 valence electrons. The van der Waals surface area contributed by atoms with Gasteiger partial charge in [-0.1, -0.05) is 0 Å². The number of aryl methyl sites for hydroxylation is 1. The second kappa shape index (κ2) is 9.78. The smallest absolute Gasteiger partial charge is 0.227 e. The summed E-state index contributed by atoms with van der Waals surface area (Å²) in [4.78, 5) is 15.1. The molecule has 33 heavy (non-hydrogen) atoms. The maximum atomic E-state index is 8.18. The van der Waals surface area contributed by atoms with Crippen LogP contribution >= 0.6 is 0 Å². The maximum absolute atomic E-state index is 8.18. The lowest BCUT2D eigenvalue weighted by molar-refractivity contribution is 0.0343. The van der Waals surface area contributed by atoms with Gasteiger partial charge in [-0.05, 0) is 44.5 Å². The third-order valence-electron chi connectivity index (χ3n) is 5.33. The largest absolute Gasteiger partial charge is 0.495 e. The van der Waals surface area contributed by atoms with Crippen LogP contribution in [0.15, 0.2) is 30.6 Å². The van der Waals surface area contributed by atoms with Crippen LogP contribution in [-0.2, 0) is 4.74 Å². The molecule has 10 nitrogen and oxygen atoms in total. The van der Waals surface area contributed by atoms with Gasteiger partial charge >= 0.3 is 0 Å². The molecule has 0 spiro atoms. The molecule has 0 aliphatic heterocycles. The highest BCUT2D eigenvalue weighted by Gasteiger charge is 2.18. The minimum absolute atomic E-state index is 0.188. The van der Waals surface area contributed by atoms with Gasteiger partial charge in [0.1, 0.15) is 17.1 Å². The lowest BCUT2D eigenvalue weighted by Gasteiger charge is -2.23. The monoisotopic (exact) mass is 450 g/mol. The van der Waals surface area contributed by atoms with Gasteiger partial charge in [-0.25, -0.2) is 15.0 Å². The van der Waals surface area contributed by atoms with Gasteiger partial charge in [-0.2, -0.15) is 0 Å². The van der Waals surface area contributed by atoms with E-state index in [0.717, 1.165) is 17.3 Å². The molecule has 2 aromatic heterocycles. The van der Waals surface area contributed by atoms with Crippen molar-refractivity contribution in [3.05, 3.63) is 41.7 Å². The Kier molecular flexibility index (Phi) is 7.07. The molecule has 10 heteroatoms. The van der Waals surface area contributed by atoms with Crippen molar-refractivity contribution in [2.75, 3.05) is 38.4 Å². The predicted molar refractivity (Wildman–Crippen MR) is 131 cm³/mol. The van der Waals surface area contributed by atoms with Gasteiger partial charge in [0.2, 0.25) is 5.95 Å². The SMILES string of the molecule is COc1cc(C(=N)N(C)C=N)ccc1Nc1ncc2c(C)cnc(NCC(C)(C)OC)c2n1. The quantitative estimate of drug-likeness (QED) is 0.286. The minimum Gasteiger partial charge on any atom is -0.495 e. The van der Waals surface area contributed by atoms with Gasteiger partial charge in [0.15, 0.2) is 5.82 Å². The lowest BCUT2D eigenvalue weighted by Crippen LogP contribution is -2.32. The Balaban J connectivity index is 1.94. The van der Waals surface area contributed by atoms with E-state index in [1.165, 1.54) is 4.90 Å². The fraction of sp³-hybridized carbons (Fsp3) is 0.348. The van der Waals surface area contributed by atoms with E-state index in [0.29, 0.717) is 40.8 Å². The van der Waals surface area contributed by atoms with Crippen molar-refractivity contribution in [2.24, 2.45) is 0 Å². The number of nitrogens with zero attached hydrogens (tertiary/aromatic N) is 4. The highest BCUT2D eigenvalue weighted by Crippen LogP contribution is 2.30. The fourth-order valence-corrected chi connectivity index (χ4v) is 3.03. The van der Waals surface area contributed by atoms with Gasteiger partial charge < -0.3 is 25.0 Å². The Hall–Kier alpha value is -3.79. The maximum Gasteiger partial charge on any atom is 0.227 e. The third kappa shape index (κ3) is 5.35. The third-order valence-corrected chi connectivity index (χ3v) is 5.33. The standard InChI is InChI=1S/C23H30N8O2/c1-14-10-26-21(28-12-23(2,3)33-6)19-16(14)11-27-22(30-19)29-17-8-7-15(9-18(17)32-5)20(25)31(4)13-24/h7-11,13,24-25H,12H2,1-6H3,(H,26,28)(H,27,29,30). The summed E-state index contributed by atoms with van der Waals surface area (Å²) in [6, 6.07) is 5.31. The molecule has 3 aromatic rings. The fourth-order valence-electron chi connectivity index (χ4n) is 3.03. The van der Waals surface area contributed by atoms with E-state index in [1.54, 1.807) is 51.9 Å². The summed E-state index contributed by atoms with van der Waals surface area (Å²) in [5.74, 6) is 1.76. The molecule has 0 saturated carbocycles. The molecule has 2 heterocycles. The average Bonchev–Trinajstić information content (AvgIpc) is 2.83. The molecular weight excluding hydrogens is 420 g/mol. The molecule has 0 fully saturated rings. The first-order valence-corrected chi connectivity index (χ1v) is 10.4. The van der Waals surface area contributed by atoms with E-state index in [4.69, 9.17) is 25.3 Å². The molecule has 3 rings (SSSR count). The van der Waals surface area contributed by atoms with E-state index in [1.807, 2.05) is 20.8 Å². The molecule has 0 bridgehead atoms. The Morgan fingerprint density at radius 1 is 1.21 bits per heavy atom. The molecule has 0 amide bonds. The second-order valence-corrected chi connectivity index (χ2v) is 8.19. The van der Waals surface area contributed by atoms with E-state index >= 15 is 0 Å². The summed E-state index contributed by atoms with van der Waals surface area (Å²) in [6.07, 6.45) is 4.64. The van der Waals surface area contributed by atoms with Crippen molar-refractivity contribution >= 4 is 40.5 Å². The molecule has 1 aromatic carbocycles. The lowest BCUT2D eigenvalue weighted by atomic mass is 10.1. The van der Waals surface area contributed by atoms with Crippen LogP contribution < -0.4 is 15.4 Å². The van der Waals surface area contributed by atoms with E-state index < -0.39 is 0 Å². The molecule has 0 atom stereocenters. The number of rotatable bonds is 9. The summed E-state index contributed by atoms with van der Waals surface area (Å²) in [6.45, 7) is 6.52. The number of methoxy groups -OCH3 is 2. The van der Waals surface area contributed by atoms with E-state index in [-0.39, 0.29) is 11.4 Å². The van der Waals surface area contributed by atoms with Crippen molar-refractivity contribution in [1.82, 2.24) is 19.9 Å². The Bertz CT molecular complexity index is 1180. The zero-order valence-corrected chi connectivity index (χ0v) is 19.8. The molecule has 0 radical (unpaired) electrons.